The Morgan fingerprint density at radius 3 is 2.33 bits per heavy atom. The summed E-state index contributed by atoms with van der Waals surface area (Å²) in [5.74, 6) is -2.32. The van der Waals surface area contributed by atoms with E-state index in [1.807, 2.05) is 0 Å². The number of carbonyl (C=O) groups is 2. The van der Waals surface area contributed by atoms with Gasteiger partial charge in [-0.2, -0.15) is 0 Å². The van der Waals surface area contributed by atoms with Crippen molar-refractivity contribution in [3.63, 3.8) is 0 Å². The third-order valence-electron chi connectivity index (χ3n) is 4.07. The summed E-state index contributed by atoms with van der Waals surface area (Å²) in [7, 11) is 0. The fourth-order valence-electron chi connectivity index (χ4n) is 2.32. The fourth-order valence-corrected chi connectivity index (χ4v) is 2.32. The molecule has 0 aromatic heterocycles. The Balaban J connectivity index is 0.000000254. The second-order valence-electron chi connectivity index (χ2n) is 5.94. The van der Waals surface area contributed by atoms with E-state index in [1.165, 1.54) is 50.0 Å². The van der Waals surface area contributed by atoms with Crippen molar-refractivity contribution in [2.24, 2.45) is 11.1 Å². The predicted octanol–water partition coefficient (Wildman–Crippen LogP) is 3.01. The molecule has 1 aromatic carbocycles. The number of hydrogen-bond acceptors (Lipinski definition) is 3. The summed E-state index contributed by atoms with van der Waals surface area (Å²) < 4.78 is 0. The van der Waals surface area contributed by atoms with Gasteiger partial charge in [0.1, 0.15) is 5.41 Å². The minimum absolute atomic E-state index is 0.0857. The third-order valence-corrected chi connectivity index (χ3v) is 4.07. The summed E-state index contributed by atoms with van der Waals surface area (Å²) >= 11 is 0. The highest BCUT2D eigenvalue weighted by atomic mass is 16.4. The standard InChI is InChI=1S/C10H14.C9H11NO4/c1-2-3-7-10-8-5-4-6-9-10;1-9(8(13)14)4-2-3-5(6(9)10)7(11)12/h4-6,8-9H,2-3,7H2,1H3;2-4,6H,10H2,1H3,(H,11,12)(H,13,14)/t;6-,9?/m.0/s1. The number of aliphatic carboxylic acids is 2. The first-order valence-corrected chi connectivity index (χ1v) is 7.98. The van der Waals surface area contributed by atoms with Crippen molar-refractivity contribution in [3.05, 3.63) is 59.7 Å². The lowest BCUT2D eigenvalue weighted by Gasteiger charge is -2.30. The summed E-state index contributed by atoms with van der Waals surface area (Å²) in [5.41, 5.74) is 5.61. The second-order valence-corrected chi connectivity index (χ2v) is 5.94. The van der Waals surface area contributed by atoms with Crippen LogP contribution in [-0.2, 0) is 16.0 Å². The Morgan fingerprint density at radius 1 is 1.21 bits per heavy atom. The van der Waals surface area contributed by atoms with Gasteiger partial charge in [0.2, 0.25) is 0 Å². The zero-order chi connectivity index (χ0) is 18.2. The van der Waals surface area contributed by atoms with Crippen LogP contribution in [0.25, 0.3) is 0 Å². The van der Waals surface area contributed by atoms with Gasteiger partial charge < -0.3 is 15.9 Å². The van der Waals surface area contributed by atoms with E-state index in [4.69, 9.17) is 15.9 Å². The molecule has 4 N–H and O–H groups in total. The Labute approximate surface area is 142 Å². The molecule has 0 aliphatic heterocycles. The maximum absolute atomic E-state index is 10.9. The largest absolute Gasteiger partial charge is 0.481 e. The van der Waals surface area contributed by atoms with Crippen LogP contribution in [-0.4, -0.2) is 28.2 Å². The lowest BCUT2D eigenvalue weighted by molar-refractivity contribution is -0.146. The van der Waals surface area contributed by atoms with Crippen LogP contribution < -0.4 is 5.73 Å². The molecule has 0 spiro atoms. The van der Waals surface area contributed by atoms with Crippen molar-refractivity contribution in [1.29, 1.82) is 0 Å². The predicted molar refractivity (Wildman–Crippen MR) is 93.6 cm³/mol. The van der Waals surface area contributed by atoms with E-state index in [0.717, 1.165) is 0 Å². The maximum Gasteiger partial charge on any atom is 0.333 e. The molecular weight excluding hydrogens is 306 g/mol. The molecule has 24 heavy (non-hydrogen) atoms. The summed E-state index contributed by atoms with van der Waals surface area (Å²) in [6.07, 6.45) is 7.95. The number of nitrogens with two attached hydrogens (primary N) is 1. The number of rotatable bonds is 5. The minimum Gasteiger partial charge on any atom is -0.481 e. The average molecular weight is 331 g/mol. The summed E-state index contributed by atoms with van der Waals surface area (Å²) in [6, 6.07) is 9.62. The van der Waals surface area contributed by atoms with Crippen LogP contribution in [0.5, 0.6) is 0 Å². The lowest BCUT2D eigenvalue weighted by Crippen LogP contribution is -2.48. The highest BCUT2D eigenvalue weighted by molar-refractivity contribution is 5.92. The van der Waals surface area contributed by atoms with Gasteiger partial charge in [-0.3, -0.25) is 4.79 Å². The van der Waals surface area contributed by atoms with Crippen molar-refractivity contribution in [1.82, 2.24) is 0 Å². The Hall–Kier alpha value is -2.40. The monoisotopic (exact) mass is 331 g/mol. The Bertz CT molecular complexity index is 622. The molecule has 1 aliphatic carbocycles. The molecule has 1 unspecified atom stereocenters. The molecule has 130 valence electrons. The van der Waals surface area contributed by atoms with E-state index in [-0.39, 0.29) is 5.57 Å². The first-order chi connectivity index (χ1) is 11.3. The van der Waals surface area contributed by atoms with E-state index in [2.05, 4.69) is 37.3 Å². The minimum atomic E-state index is -1.34. The van der Waals surface area contributed by atoms with Crippen molar-refractivity contribution < 1.29 is 19.8 Å². The van der Waals surface area contributed by atoms with Gasteiger partial charge in [0.25, 0.3) is 0 Å². The van der Waals surface area contributed by atoms with E-state index in [9.17, 15) is 9.59 Å². The highest BCUT2D eigenvalue weighted by Crippen LogP contribution is 2.30. The van der Waals surface area contributed by atoms with Crippen molar-refractivity contribution in [2.75, 3.05) is 0 Å². The van der Waals surface area contributed by atoms with Gasteiger partial charge in [0.15, 0.2) is 0 Å². The fraction of sp³-hybridized carbons (Fsp3) is 0.368. The molecule has 0 heterocycles. The lowest BCUT2D eigenvalue weighted by atomic mass is 9.76. The number of carboxylic acid groups (broad SMARTS) is 2. The SMILES string of the molecule is CC1(C(=O)O)C=CC=C(C(=O)O)[C@@H]1N.CCCCc1ccccc1. The summed E-state index contributed by atoms with van der Waals surface area (Å²) in [4.78, 5) is 21.6. The molecule has 0 saturated carbocycles. The third kappa shape index (κ3) is 5.06. The Kier molecular flexibility index (Phi) is 7.39. The van der Waals surface area contributed by atoms with Crippen molar-refractivity contribution >= 4 is 11.9 Å². The van der Waals surface area contributed by atoms with Crippen LogP contribution in [0.15, 0.2) is 54.1 Å². The molecule has 5 nitrogen and oxygen atoms in total. The van der Waals surface area contributed by atoms with Gasteiger partial charge >= 0.3 is 11.9 Å². The van der Waals surface area contributed by atoms with Crippen LogP contribution in [0.2, 0.25) is 0 Å². The number of allylic oxidation sites excluding steroid dienone is 2. The van der Waals surface area contributed by atoms with Gasteiger partial charge in [-0.15, -0.1) is 0 Å². The first kappa shape index (κ1) is 19.6. The van der Waals surface area contributed by atoms with Gasteiger partial charge in [0.05, 0.1) is 11.6 Å². The number of unbranched alkanes of at least 4 members (excludes halogenated alkanes) is 1. The smallest absolute Gasteiger partial charge is 0.333 e. The molecule has 2 atom stereocenters. The second kappa shape index (κ2) is 9.03. The topological polar surface area (TPSA) is 101 Å². The molecule has 0 bridgehead atoms. The molecule has 1 aliphatic rings. The average Bonchev–Trinajstić information content (AvgIpc) is 2.56. The summed E-state index contributed by atoms with van der Waals surface area (Å²) in [5, 5.41) is 17.7. The molecule has 0 saturated heterocycles. The number of aryl methyl sites for hydroxylation is 1. The van der Waals surface area contributed by atoms with Crippen LogP contribution in [0.3, 0.4) is 0 Å². The van der Waals surface area contributed by atoms with Gasteiger partial charge in [-0.05, 0) is 25.3 Å². The van der Waals surface area contributed by atoms with Crippen LogP contribution >= 0.6 is 0 Å². The van der Waals surface area contributed by atoms with E-state index < -0.39 is 23.4 Å². The zero-order valence-corrected chi connectivity index (χ0v) is 14.1. The molecule has 0 fully saturated rings. The summed E-state index contributed by atoms with van der Waals surface area (Å²) in [6.45, 7) is 3.62. The molecule has 0 radical (unpaired) electrons. The highest BCUT2D eigenvalue weighted by Gasteiger charge is 2.42. The van der Waals surface area contributed by atoms with Gasteiger partial charge in [0, 0.05) is 0 Å². The number of benzene rings is 1. The number of carboxylic acids is 2. The molecule has 2 rings (SSSR count). The molecular formula is C19H25NO4. The first-order valence-electron chi connectivity index (χ1n) is 7.98. The Morgan fingerprint density at radius 2 is 1.83 bits per heavy atom. The van der Waals surface area contributed by atoms with E-state index >= 15 is 0 Å². The van der Waals surface area contributed by atoms with Gasteiger partial charge in [-0.1, -0.05) is 61.9 Å². The zero-order valence-electron chi connectivity index (χ0n) is 14.1. The molecule has 0 amide bonds. The number of hydrogen-bond donors (Lipinski definition) is 3. The maximum atomic E-state index is 10.9. The van der Waals surface area contributed by atoms with Crippen LogP contribution in [0.1, 0.15) is 32.3 Å². The van der Waals surface area contributed by atoms with E-state index in [0.29, 0.717) is 0 Å². The van der Waals surface area contributed by atoms with Crippen molar-refractivity contribution in [3.8, 4) is 0 Å². The van der Waals surface area contributed by atoms with Crippen LogP contribution in [0, 0.1) is 5.41 Å². The van der Waals surface area contributed by atoms with Crippen molar-refractivity contribution in [2.45, 2.75) is 39.2 Å². The quantitative estimate of drug-likeness (QED) is 0.770. The van der Waals surface area contributed by atoms with Gasteiger partial charge in [-0.25, -0.2) is 4.79 Å². The molecule has 1 aromatic rings. The van der Waals surface area contributed by atoms with E-state index in [1.54, 1.807) is 0 Å². The molecule has 5 heteroatoms. The normalized spacial score (nSPS) is 22.1. The van der Waals surface area contributed by atoms with Crippen LogP contribution in [0.4, 0.5) is 0 Å².